The van der Waals surface area contributed by atoms with E-state index >= 15 is 0 Å². The predicted octanol–water partition coefficient (Wildman–Crippen LogP) is 3.35. The number of carbonyl (C=O) groups is 1. The minimum atomic E-state index is -0.186. The Morgan fingerprint density at radius 2 is 1.75 bits per heavy atom. The molecular formula is C11H20O. The molecule has 0 aliphatic rings. The van der Waals surface area contributed by atoms with Crippen molar-refractivity contribution in [1.82, 2.24) is 0 Å². The second kappa shape index (κ2) is 4.44. The van der Waals surface area contributed by atoms with Crippen LogP contribution in [0.4, 0.5) is 0 Å². The van der Waals surface area contributed by atoms with E-state index in [4.69, 9.17) is 0 Å². The van der Waals surface area contributed by atoms with Crippen LogP contribution in [-0.4, -0.2) is 5.78 Å². The fourth-order valence-corrected chi connectivity index (χ4v) is 0.842. The van der Waals surface area contributed by atoms with Crippen molar-refractivity contribution in [1.29, 1.82) is 0 Å². The molecule has 0 radical (unpaired) electrons. The number of carbonyl (C=O) groups excluding carboxylic acids is 1. The summed E-state index contributed by atoms with van der Waals surface area (Å²) in [4.78, 5) is 11.4. The minimum Gasteiger partial charge on any atom is -0.299 e. The fourth-order valence-electron chi connectivity index (χ4n) is 0.842. The number of allylic oxidation sites excluding steroid dienone is 1. The molecule has 0 saturated carbocycles. The van der Waals surface area contributed by atoms with Gasteiger partial charge in [0.25, 0.3) is 0 Å². The van der Waals surface area contributed by atoms with Crippen LogP contribution in [0.1, 0.15) is 47.0 Å². The van der Waals surface area contributed by atoms with Gasteiger partial charge in [0.15, 0.2) is 0 Å². The third-order valence-electron chi connectivity index (χ3n) is 2.04. The first-order valence-corrected chi connectivity index (χ1v) is 4.58. The Balaban J connectivity index is 3.81. The summed E-state index contributed by atoms with van der Waals surface area (Å²) in [6, 6.07) is 0. The van der Waals surface area contributed by atoms with Gasteiger partial charge >= 0.3 is 0 Å². The molecule has 0 fully saturated rings. The van der Waals surface area contributed by atoms with E-state index in [1.54, 1.807) is 0 Å². The Kier molecular flexibility index (Phi) is 4.22. The Morgan fingerprint density at radius 1 is 1.25 bits per heavy atom. The lowest BCUT2D eigenvalue weighted by Gasteiger charge is -2.16. The van der Waals surface area contributed by atoms with Crippen LogP contribution < -0.4 is 0 Å². The summed E-state index contributed by atoms with van der Waals surface area (Å²) < 4.78 is 0. The van der Waals surface area contributed by atoms with Crippen molar-refractivity contribution in [3.05, 3.63) is 12.2 Å². The monoisotopic (exact) mass is 168 g/mol. The van der Waals surface area contributed by atoms with Crippen LogP contribution in [0.5, 0.6) is 0 Å². The Bertz CT molecular complexity index is 172. The lowest BCUT2D eigenvalue weighted by atomic mass is 9.87. The van der Waals surface area contributed by atoms with Crippen LogP contribution >= 0.6 is 0 Å². The maximum absolute atomic E-state index is 11.4. The number of hydrogen-bond acceptors (Lipinski definition) is 1. The highest BCUT2D eigenvalue weighted by Crippen LogP contribution is 2.19. The maximum Gasteiger partial charge on any atom is 0.138 e. The number of Topliss-reactive ketones (excluding diaryl/α,β-unsaturated/α-hetero) is 1. The molecule has 1 nitrogen and oxygen atoms in total. The highest BCUT2D eigenvalue weighted by molar-refractivity contribution is 5.83. The van der Waals surface area contributed by atoms with Crippen LogP contribution in [0.2, 0.25) is 0 Å². The van der Waals surface area contributed by atoms with E-state index < -0.39 is 0 Å². The number of hydrogen-bond donors (Lipinski definition) is 0. The second-order valence-corrected chi connectivity index (χ2v) is 4.28. The maximum atomic E-state index is 11.4. The molecule has 0 rings (SSSR count). The van der Waals surface area contributed by atoms with Crippen molar-refractivity contribution >= 4 is 5.78 Å². The molecule has 0 aromatic heterocycles. The summed E-state index contributed by atoms with van der Waals surface area (Å²) in [6.45, 7) is 11.8. The highest BCUT2D eigenvalue weighted by Gasteiger charge is 2.20. The Hall–Kier alpha value is -0.590. The molecule has 0 aliphatic heterocycles. The molecule has 0 aromatic rings. The van der Waals surface area contributed by atoms with Crippen molar-refractivity contribution < 1.29 is 4.79 Å². The smallest absolute Gasteiger partial charge is 0.138 e. The number of rotatable bonds is 4. The van der Waals surface area contributed by atoms with E-state index in [0.717, 1.165) is 12.8 Å². The molecule has 0 bridgehead atoms. The lowest BCUT2D eigenvalue weighted by Crippen LogP contribution is -2.19. The molecule has 0 aromatic carbocycles. The minimum absolute atomic E-state index is 0.186. The Labute approximate surface area is 75.9 Å². The van der Waals surface area contributed by atoms with E-state index in [0.29, 0.717) is 12.2 Å². The summed E-state index contributed by atoms with van der Waals surface area (Å²) in [5.74, 6) is 0.331. The zero-order valence-electron chi connectivity index (χ0n) is 8.74. The topological polar surface area (TPSA) is 17.1 Å². The largest absolute Gasteiger partial charge is 0.299 e. The summed E-state index contributed by atoms with van der Waals surface area (Å²) >= 11 is 0. The first-order chi connectivity index (χ1) is 5.38. The van der Waals surface area contributed by atoms with Gasteiger partial charge in [-0.3, -0.25) is 4.79 Å². The zero-order valence-corrected chi connectivity index (χ0v) is 8.74. The van der Waals surface area contributed by atoms with E-state index in [1.165, 1.54) is 5.57 Å². The lowest BCUT2D eigenvalue weighted by molar-refractivity contribution is -0.126. The molecule has 70 valence electrons. The van der Waals surface area contributed by atoms with Gasteiger partial charge in [0.05, 0.1) is 0 Å². The molecular weight excluding hydrogens is 148 g/mol. The third-order valence-corrected chi connectivity index (χ3v) is 2.04. The van der Waals surface area contributed by atoms with Gasteiger partial charge in [-0.05, 0) is 12.8 Å². The quantitative estimate of drug-likeness (QED) is 0.588. The SMILES string of the molecule is C=C(CC)CCC(=O)C(C)(C)C. The second-order valence-electron chi connectivity index (χ2n) is 4.28. The van der Waals surface area contributed by atoms with Crippen molar-refractivity contribution in [2.45, 2.75) is 47.0 Å². The van der Waals surface area contributed by atoms with Crippen molar-refractivity contribution in [3.63, 3.8) is 0 Å². The van der Waals surface area contributed by atoms with Crippen LogP contribution in [-0.2, 0) is 4.79 Å². The number of ketones is 1. The molecule has 0 spiro atoms. The molecule has 0 saturated heterocycles. The fraction of sp³-hybridized carbons (Fsp3) is 0.727. The van der Waals surface area contributed by atoms with Gasteiger partial charge in [0.2, 0.25) is 0 Å². The Morgan fingerprint density at radius 3 is 2.08 bits per heavy atom. The van der Waals surface area contributed by atoms with Crippen LogP contribution in [0.25, 0.3) is 0 Å². The molecule has 0 atom stereocenters. The van der Waals surface area contributed by atoms with Crippen LogP contribution in [0.15, 0.2) is 12.2 Å². The molecule has 0 heterocycles. The predicted molar refractivity (Wildman–Crippen MR) is 53.1 cm³/mol. The first-order valence-electron chi connectivity index (χ1n) is 4.58. The van der Waals surface area contributed by atoms with E-state index in [9.17, 15) is 4.79 Å². The molecule has 0 amide bonds. The van der Waals surface area contributed by atoms with Crippen molar-refractivity contribution in [2.75, 3.05) is 0 Å². The van der Waals surface area contributed by atoms with E-state index in [2.05, 4.69) is 13.5 Å². The van der Waals surface area contributed by atoms with Gasteiger partial charge in [-0.15, -0.1) is 0 Å². The van der Waals surface area contributed by atoms with Gasteiger partial charge in [-0.1, -0.05) is 39.8 Å². The van der Waals surface area contributed by atoms with Gasteiger partial charge in [-0.25, -0.2) is 0 Å². The summed E-state index contributed by atoms with van der Waals surface area (Å²) in [5.41, 5.74) is 0.987. The van der Waals surface area contributed by atoms with Gasteiger partial charge < -0.3 is 0 Å². The highest BCUT2D eigenvalue weighted by atomic mass is 16.1. The average molecular weight is 168 g/mol. The molecule has 0 N–H and O–H groups in total. The molecule has 12 heavy (non-hydrogen) atoms. The zero-order chi connectivity index (χ0) is 9.78. The first kappa shape index (κ1) is 11.4. The summed E-state index contributed by atoms with van der Waals surface area (Å²) in [7, 11) is 0. The molecule has 1 heteroatoms. The van der Waals surface area contributed by atoms with Crippen LogP contribution in [0, 0.1) is 5.41 Å². The van der Waals surface area contributed by atoms with Crippen molar-refractivity contribution in [3.8, 4) is 0 Å². The van der Waals surface area contributed by atoms with E-state index in [1.807, 2.05) is 20.8 Å². The van der Waals surface area contributed by atoms with Crippen LogP contribution in [0.3, 0.4) is 0 Å². The third kappa shape index (κ3) is 4.32. The average Bonchev–Trinajstić information content (AvgIpc) is 1.97. The van der Waals surface area contributed by atoms with Gasteiger partial charge in [0.1, 0.15) is 5.78 Å². The molecule has 0 aliphatic carbocycles. The standard InChI is InChI=1S/C11H20O/c1-6-9(2)7-8-10(12)11(3,4)5/h2,6-8H2,1,3-5H3. The molecule has 0 unspecified atom stereocenters. The van der Waals surface area contributed by atoms with Crippen molar-refractivity contribution in [2.24, 2.45) is 5.41 Å². The van der Waals surface area contributed by atoms with Gasteiger partial charge in [-0.2, -0.15) is 0 Å². The normalized spacial score (nSPS) is 11.3. The summed E-state index contributed by atoms with van der Waals surface area (Å²) in [6.07, 6.45) is 2.49. The van der Waals surface area contributed by atoms with E-state index in [-0.39, 0.29) is 5.41 Å². The van der Waals surface area contributed by atoms with Gasteiger partial charge in [0, 0.05) is 11.8 Å². The summed E-state index contributed by atoms with van der Waals surface area (Å²) in [5, 5.41) is 0.